The van der Waals surface area contributed by atoms with Gasteiger partial charge in [0.15, 0.2) is 0 Å². The molecule has 184 valence electrons. The highest BCUT2D eigenvalue weighted by Crippen LogP contribution is 2.50. The molecule has 8 heteroatoms. The highest BCUT2D eigenvalue weighted by Gasteiger charge is 2.33. The number of halogens is 2. The lowest BCUT2D eigenvalue weighted by Crippen LogP contribution is -2.01. The van der Waals surface area contributed by atoms with Crippen LogP contribution in [0.25, 0.3) is 28.1 Å². The number of nitrogens with one attached hydrogen (secondary N) is 1. The summed E-state index contributed by atoms with van der Waals surface area (Å²) in [5.74, 6) is -0.954. The monoisotopic (exact) mass is 513 g/mol. The first kappa shape index (κ1) is 24.3. The van der Waals surface area contributed by atoms with Crippen molar-refractivity contribution in [2.45, 2.75) is 12.8 Å². The van der Waals surface area contributed by atoms with Crippen molar-refractivity contribution in [3.63, 3.8) is 0 Å². The summed E-state index contributed by atoms with van der Waals surface area (Å²) in [6, 6.07) is 18.5. The number of hydrogen-bond donors (Lipinski definition) is 2. The molecule has 0 bridgehead atoms. The largest absolute Gasteiger partial charge is 0.497 e. The van der Waals surface area contributed by atoms with Crippen LogP contribution in [0.2, 0.25) is 5.02 Å². The molecular formula is C29H21ClFN3O3. The molecule has 4 aromatic rings. The topological polar surface area (TPSA) is 99.0 Å². The van der Waals surface area contributed by atoms with E-state index in [2.05, 4.69) is 16.3 Å². The average molecular weight is 514 g/mol. The standard InChI is InChI=1S/C29H21ClFN3O3/c1-37-19-9-10-21(23(30)14-19)27(18-7-8-18)26(17-5-2-16(3-6-17)4-13-25(35)36)20-11-12-24-28(22(20)15-32)29(31)34-33-24/h2-6,9-14,18H,7-8H2,1H3,(H,33,34)(H,35,36). The van der Waals surface area contributed by atoms with Gasteiger partial charge in [0.1, 0.15) is 11.8 Å². The van der Waals surface area contributed by atoms with Gasteiger partial charge in [0.2, 0.25) is 5.95 Å². The third-order valence-electron chi connectivity index (χ3n) is 6.41. The molecule has 1 saturated carbocycles. The fourth-order valence-corrected chi connectivity index (χ4v) is 4.83. The Kier molecular flexibility index (Phi) is 6.51. The Labute approximate surface area is 217 Å². The minimum absolute atomic E-state index is 0.134. The number of ether oxygens (including phenoxy) is 1. The maximum absolute atomic E-state index is 14.7. The molecule has 1 fully saturated rings. The van der Waals surface area contributed by atoms with Gasteiger partial charge in [-0.1, -0.05) is 41.9 Å². The summed E-state index contributed by atoms with van der Waals surface area (Å²) in [6.45, 7) is 0. The van der Waals surface area contributed by atoms with E-state index in [4.69, 9.17) is 21.4 Å². The summed E-state index contributed by atoms with van der Waals surface area (Å²) in [5.41, 5.74) is 5.21. The molecule has 0 amide bonds. The molecule has 0 atom stereocenters. The summed E-state index contributed by atoms with van der Waals surface area (Å²) < 4.78 is 20.0. The Balaban J connectivity index is 1.82. The van der Waals surface area contributed by atoms with Crippen LogP contribution in [0.5, 0.6) is 5.75 Å². The number of methoxy groups -OCH3 is 1. The van der Waals surface area contributed by atoms with Crippen molar-refractivity contribution in [3.8, 4) is 11.8 Å². The van der Waals surface area contributed by atoms with Gasteiger partial charge in [-0.2, -0.15) is 9.65 Å². The van der Waals surface area contributed by atoms with Gasteiger partial charge >= 0.3 is 5.97 Å². The number of carboxylic acid groups (broad SMARTS) is 1. The molecule has 6 nitrogen and oxygen atoms in total. The van der Waals surface area contributed by atoms with E-state index < -0.39 is 11.9 Å². The first-order valence-electron chi connectivity index (χ1n) is 11.6. The predicted octanol–water partition coefficient (Wildman–Crippen LogP) is 6.70. The van der Waals surface area contributed by atoms with Crippen molar-refractivity contribution in [3.05, 3.63) is 99.5 Å². The highest BCUT2D eigenvalue weighted by atomic mass is 35.5. The normalized spacial score (nSPS) is 14.0. The zero-order valence-corrected chi connectivity index (χ0v) is 20.5. The number of fused-ring (bicyclic) bond motifs is 1. The SMILES string of the molecule is COc1ccc(C(=C(c2ccc(C=CC(=O)O)cc2)c2ccc3[nH]nc(F)c3c2C#N)C2CC2)c(Cl)c1. The molecule has 5 rings (SSSR count). The Morgan fingerprint density at radius 3 is 2.54 bits per heavy atom. The van der Waals surface area contributed by atoms with Gasteiger partial charge in [-0.15, -0.1) is 5.10 Å². The van der Waals surface area contributed by atoms with Crippen LogP contribution in [0.3, 0.4) is 0 Å². The van der Waals surface area contributed by atoms with E-state index in [0.717, 1.165) is 41.2 Å². The number of aliphatic carboxylic acids is 1. The van der Waals surface area contributed by atoms with Crippen LogP contribution in [0.4, 0.5) is 4.39 Å². The van der Waals surface area contributed by atoms with Crippen molar-refractivity contribution in [2.75, 3.05) is 7.11 Å². The molecule has 0 unspecified atom stereocenters. The molecule has 0 radical (unpaired) electrons. The Hall–Kier alpha value is -4.41. The Bertz CT molecular complexity index is 1630. The molecule has 1 aliphatic carbocycles. The number of rotatable bonds is 7. The zero-order valence-electron chi connectivity index (χ0n) is 19.8. The van der Waals surface area contributed by atoms with Gasteiger partial charge in [-0.05, 0) is 76.9 Å². The fourth-order valence-electron chi connectivity index (χ4n) is 4.56. The summed E-state index contributed by atoms with van der Waals surface area (Å²) in [5, 5.41) is 26.1. The van der Waals surface area contributed by atoms with E-state index in [1.165, 1.54) is 6.08 Å². The summed E-state index contributed by atoms with van der Waals surface area (Å²) in [6.07, 6.45) is 4.48. The lowest BCUT2D eigenvalue weighted by Gasteiger charge is -2.20. The van der Waals surface area contributed by atoms with Crippen LogP contribution in [0, 0.1) is 23.2 Å². The summed E-state index contributed by atoms with van der Waals surface area (Å²) in [7, 11) is 1.57. The number of nitriles is 1. The molecule has 1 aromatic heterocycles. The first-order chi connectivity index (χ1) is 17.9. The molecule has 0 spiro atoms. The fraction of sp³-hybridized carbons (Fsp3) is 0.138. The number of carbonyl (C=O) groups is 1. The molecule has 2 N–H and O–H groups in total. The van der Waals surface area contributed by atoms with Gasteiger partial charge in [-0.3, -0.25) is 5.10 Å². The Morgan fingerprint density at radius 2 is 1.92 bits per heavy atom. The second kappa shape index (κ2) is 9.92. The number of aromatic nitrogens is 2. The van der Waals surface area contributed by atoms with E-state index in [0.29, 0.717) is 27.4 Å². The number of nitrogens with zero attached hydrogens (tertiary/aromatic N) is 2. The third-order valence-corrected chi connectivity index (χ3v) is 6.72. The van der Waals surface area contributed by atoms with Gasteiger partial charge < -0.3 is 9.84 Å². The van der Waals surface area contributed by atoms with Crippen LogP contribution >= 0.6 is 11.6 Å². The smallest absolute Gasteiger partial charge is 0.328 e. The van der Waals surface area contributed by atoms with E-state index in [1.807, 2.05) is 24.3 Å². The van der Waals surface area contributed by atoms with Crippen molar-refractivity contribution < 1.29 is 19.0 Å². The highest BCUT2D eigenvalue weighted by molar-refractivity contribution is 6.33. The van der Waals surface area contributed by atoms with Crippen LogP contribution in [0.15, 0.2) is 60.7 Å². The van der Waals surface area contributed by atoms with Crippen LogP contribution in [-0.4, -0.2) is 28.4 Å². The molecule has 1 heterocycles. The van der Waals surface area contributed by atoms with Crippen molar-refractivity contribution in [2.24, 2.45) is 5.92 Å². The second-order valence-corrected chi connectivity index (χ2v) is 9.15. The van der Waals surface area contributed by atoms with Crippen LogP contribution in [0.1, 0.15) is 40.7 Å². The third kappa shape index (κ3) is 4.72. The minimum Gasteiger partial charge on any atom is -0.497 e. The van der Waals surface area contributed by atoms with Crippen LogP contribution in [-0.2, 0) is 4.79 Å². The molecule has 3 aromatic carbocycles. The number of benzene rings is 3. The number of carboxylic acids is 1. The zero-order chi connectivity index (χ0) is 26.1. The van der Waals surface area contributed by atoms with Gasteiger partial charge in [-0.25, -0.2) is 4.79 Å². The van der Waals surface area contributed by atoms with Gasteiger partial charge in [0.25, 0.3) is 0 Å². The lowest BCUT2D eigenvalue weighted by molar-refractivity contribution is -0.131. The molecule has 0 aliphatic heterocycles. The minimum atomic E-state index is -1.04. The van der Waals surface area contributed by atoms with E-state index in [-0.39, 0.29) is 16.9 Å². The summed E-state index contributed by atoms with van der Waals surface area (Å²) in [4.78, 5) is 10.9. The van der Waals surface area contributed by atoms with Crippen LogP contribution < -0.4 is 4.74 Å². The maximum atomic E-state index is 14.7. The Morgan fingerprint density at radius 1 is 1.19 bits per heavy atom. The molecular weight excluding hydrogens is 493 g/mol. The second-order valence-electron chi connectivity index (χ2n) is 8.74. The number of aromatic amines is 1. The molecule has 37 heavy (non-hydrogen) atoms. The lowest BCUT2D eigenvalue weighted by atomic mass is 9.84. The van der Waals surface area contributed by atoms with Crippen molar-refractivity contribution >= 4 is 45.7 Å². The molecule has 1 aliphatic rings. The van der Waals surface area contributed by atoms with Gasteiger partial charge in [0.05, 0.1) is 28.6 Å². The van der Waals surface area contributed by atoms with Gasteiger partial charge in [0, 0.05) is 11.6 Å². The average Bonchev–Trinajstić information content (AvgIpc) is 3.68. The predicted molar refractivity (Wildman–Crippen MR) is 141 cm³/mol. The van der Waals surface area contributed by atoms with Crippen molar-refractivity contribution in [1.82, 2.24) is 10.2 Å². The van der Waals surface area contributed by atoms with E-state index >= 15 is 0 Å². The van der Waals surface area contributed by atoms with Crippen molar-refractivity contribution in [1.29, 1.82) is 5.26 Å². The maximum Gasteiger partial charge on any atom is 0.328 e. The van der Waals surface area contributed by atoms with E-state index in [9.17, 15) is 14.4 Å². The molecule has 0 saturated heterocycles. The number of hydrogen-bond acceptors (Lipinski definition) is 4. The quantitative estimate of drug-likeness (QED) is 0.211. The number of H-pyrrole nitrogens is 1. The summed E-state index contributed by atoms with van der Waals surface area (Å²) >= 11 is 6.75. The first-order valence-corrected chi connectivity index (χ1v) is 12.0. The number of allylic oxidation sites excluding steroid dienone is 1. The van der Waals surface area contributed by atoms with E-state index in [1.54, 1.807) is 37.4 Å².